The van der Waals surface area contributed by atoms with Gasteiger partial charge >= 0.3 is 6.03 Å². The molecular formula is C14H17ClN4O3S. The van der Waals surface area contributed by atoms with Gasteiger partial charge in [-0.25, -0.2) is 4.79 Å². The number of hydrogen-bond acceptors (Lipinski definition) is 4. The number of carbonyl (C=O) groups excluding carboxylic acids is 1. The molecule has 9 heteroatoms. The third-order valence-corrected chi connectivity index (χ3v) is 4.40. The fraction of sp³-hybridized carbons (Fsp3) is 0.429. The van der Waals surface area contributed by atoms with Crippen LogP contribution in [-0.4, -0.2) is 35.0 Å². The number of nitro benzene ring substituents is 1. The lowest BCUT2D eigenvalue weighted by Crippen LogP contribution is -2.28. The molecule has 2 amide bonds. The standard InChI is InChI=1S/C14H17ClN4O3S/c1-2-3-6-16-13(20)17-14-18(7-8-23-14)12-9-10(15)4-5-11(12)19(21)22/h4-5,9H,2-3,6-8H2,1H3,(H,16,20). The molecule has 7 nitrogen and oxygen atoms in total. The highest BCUT2D eigenvalue weighted by Gasteiger charge is 2.28. The van der Waals surface area contributed by atoms with Crippen LogP contribution in [0.4, 0.5) is 16.2 Å². The van der Waals surface area contributed by atoms with Gasteiger partial charge in [-0.2, -0.15) is 4.99 Å². The van der Waals surface area contributed by atoms with E-state index >= 15 is 0 Å². The number of carbonyl (C=O) groups is 1. The van der Waals surface area contributed by atoms with Crippen LogP contribution >= 0.6 is 23.4 Å². The molecule has 0 bridgehead atoms. The number of benzene rings is 1. The van der Waals surface area contributed by atoms with E-state index in [9.17, 15) is 14.9 Å². The molecule has 1 aromatic carbocycles. The van der Waals surface area contributed by atoms with E-state index in [0.717, 1.165) is 12.8 Å². The number of halogens is 1. The zero-order chi connectivity index (χ0) is 16.8. The Hall–Kier alpha value is -1.80. The molecule has 1 aromatic rings. The van der Waals surface area contributed by atoms with Crippen LogP contribution in [0.2, 0.25) is 5.02 Å². The Morgan fingerprint density at radius 2 is 2.35 bits per heavy atom. The quantitative estimate of drug-likeness (QED) is 0.494. The van der Waals surface area contributed by atoms with Crippen molar-refractivity contribution in [2.75, 3.05) is 23.7 Å². The Bertz CT molecular complexity index is 638. The fourth-order valence-electron chi connectivity index (χ4n) is 2.08. The number of nitrogens with zero attached hydrogens (tertiary/aromatic N) is 3. The number of thioether (sulfide) groups is 1. The van der Waals surface area contributed by atoms with Crippen molar-refractivity contribution in [1.82, 2.24) is 5.32 Å². The van der Waals surface area contributed by atoms with Gasteiger partial charge in [-0.05, 0) is 18.6 Å². The summed E-state index contributed by atoms with van der Waals surface area (Å²) in [5.74, 6) is 0.699. The van der Waals surface area contributed by atoms with Gasteiger partial charge in [-0.1, -0.05) is 36.7 Å². The molecule has 0 spiro atoms. The summed E-state index contributed by atoms with van der Waals surface area (Å²) in [6, 6.07) is 3.92. The number of amides is 2. The summed E-state index contributed by atoms with van der Waals surface area (Å²) in [7, 11) is 0. The predicted molar refractivity (Wildman–Crippen MR) is 93.7 cm³/mol. The first kappa shape index (κ1) is 17.6. The maximum absolute atomic E-state index is 11.8. The summed E-state index contributed by atoms with van der Waals surface area (Å²) < 4.78 is 0. The van der Waals surface area contributed by atoms with E-state index in [0.29, 0.717) is 34.7 Å². The summed E-state index contributed by atoms with van der Waals surface area (Å²) in [5, 5.41) is 14.8. The van der Waals surface area contributed by atoms with Crippen LogP contribution in [-0.2, 0) is 0 Å². The number of anilines is 1. The van der Waals surface area contributed by atoms with Gasteiger partial charge in [0, 0.05) is 29.9 Å². The number of urea groups is 1. The molecule has 0 radical (unpaired) electrons. The zero-order valence-electron chi connectivity index (χ0n) is 12.6. The van der Waals surface area contributed by atoms with Crippen molar-refractivity contribution in [2.24, 2.45) is 4.99 Å². The Morgan fingerprint density at radius 1 is 1.57 bits per heavy atom. The maximum Gasteiger partial charge on any atom is 0.343 e. The smallest absolute Gasteiger partial charge is 0.336 e. The molecule has 23 heavy (non-hydrogen) atoms. The van der Waals surface area contributed by atoms with E-state index in [-0.39, 0.29) is 5.69 Å². The number of hydrogen-bond donors (Lipinski definition) is 1. The molecule has 0 atom stereocenters. The van der Waals surface area contributed by atoms with E-state index in [1.54, 1.807) is 4.90 Å². The summed E-state index contributed by atoms with van der Waals surface area (Å²) >= 11 is 7.35. The number of aliphatic imine (C=N–C) groups is 1. The van der Waals surface area contributed by atoms with Crippen molar-refractivity contribution in [2.45, 2.75) is 19.8 Å². The van der Waals surface area contributed by atoms with Gasteiger partial charge in [0.2, 0.25) is 0 Å². The molecule has 2 rings (SSSR count). The second-order valence-electron chi connectivity index (χ2n) is 4.87. The fourth-order valence-corrected chi connectivity index (χ4v) is 3.20. The molecule has 124 valence electrons. The normalized spacial score (nSPS) is 15.9. The van der Waals surface area contributed by atoms with Crippen LogP contribution in [0.5, 0.6) is 0 Å². The summed E-state index contributed by atoms with van der Waals surface area (Å²) in [6.45, 7) is 3.13. The number of amidine groups is 1. The topological polar surface area (TPSA) is 87.8 Å². The number of rotatable bonds is 5. The average Bonchev–Trinajstić information content (AvgIpc) is 2.95. The minimum Gasteiger partial charge on any atom is -0.336 e. The molecule has 1 saturated heterocycles. The second kappa shape index (κ2) is 8.16. The van der Waals surface area contributed by atoms with Crippen LogP contribution < -0.4 is 10.2 Å². The van der Waals surface area contributed by atoms with E-state index in [2.05, 4.69) is 10.3 Å². The second-order valence-corrected chi connectivity index (χ2v) is 6.37. The Kier molecular flexibility index (Phi) is 6.23. The molecule has 0 saturated carbocycles. The largest absolute Gasteiger partial charge is 0.343 e. The first-order valence-electron chi connectivity index (χ1n) is 7.23. The third-order valence-electron chi connectivity index (χ3n) is 3.21. The van der Waals surface area contributed by atoms with Gasteiger partial charge < -0.3 is 10.2 Å². The molecule has 0 aliphatic carbocycles. The van der Waals surface area contributed by atoms with Crippen molar-refractivity contribution in [3.05, 3.63) is 33.3 Å². The number of nitro groups is 1. The van der Waals surface area contributed by atoms with Crippen LogP contribution in [0.15, 0.2) is 23.2 Å². The molecule has 1 aliphatic rings. The van der Waals surface area contributed by atoms with Gasteiger partial charge in [0.15, 0.2) is 5.17 Å². The highest BCUT2D eigenvalue weighted by atomic mass is 35.5. The third kappa shape index (κ3) is 4.59. The van der Waals surface area contributed by atoms with Gasteiger partial charge in [-0.15, -0.1) is 0 Å². The summed E-state index contributed by atoms with van der Waals surface area (Å²) in [4.78, 5) is 28.3. The maximum atomic E-state index is 11.8. The average molecular weight is 357 g/mol. The van der Waals surface area contributed by atoms with Crippen molar-refractivity contribution >= 4 is 45.9 Å². The molecule has 0 unspecified atom stereocenters. The Labute approximate surface area is 143 Å². The van der Waals surface area contributed by atoms with Gasteiger partial charge in [0.1, 0.15) is 5.69 Å². The summed E-state index contributed by atoms with van der Waals surface area (Å²) in [5.41, 5.74) is 0.295. The van der Waals surface area contributed by atoms with Gasteiger partial charge in [-0.3, -0.25) is 10.1 Å². The van der Waals surface area contributed by atoms with Crippen LogP contribution in [0.1, 0.15) is 19.8 Å². The lowest BCUT2D eigenvalue weighted by atomic mass is 10.2. The highest BCUT2D eigenvalue weighted by Crippen LogP contribution is 2.35. The Morgan fingerprint density at radius 3 is 3.04 bits per heavy atom. The van der Waals surface area contributed by atoms with Crippen molar-refractivity contribution in [3.8, 4) is 0 Å². The number of nitrogens with one attached hydrogen (secondary N) is 1. The van der Waals surface area contributed by atoms with Gasteiger partial charge in [0.25, 0.3) is 5.69 Å². The van der Waals surface area contributed by atoms with Crippen molar-refractivity contribution < 1.29 is 9.72 Å². The molecule has 1 N–H and O–H groups in total. The first-order valence-corrected chi connectivity index (χ1v) is 8.60. The monoisotopic (exact) mass is 356 g/mol. The van der Waals surface area contributed by atoms with E-state index in [1.807, 2.05) is 6.92 Å². The van der Waals surface area contributed by atoms with Crippen LogP contribution in [0.25, 0.3) is 0 Å². The highest BCUT2D eigenvalue weighted by molar-refractivity contribution is 8.14. The molecule has 1 heterocycles. The van der Waals surface area contributed by atoms with Gasteiger partial charge in [0.05, 0.1) is 4.92 Å². The van der Waals surface area contributed by atoms with E-state index in [4.69, 9.17) is 11.6 Å². The Balaban J connectivity index is 2.23. The molecule has 0 aromatic heterocycles. The minimum absolute atomic E-state index is 0.0593. The summed E-state index contributed by atoms with van der Waals surface area (Å²) in [6.07, 6.45) is 1.86. The SMILES string of the molecule is CCCCNC(=O)N=C1SCCN1c1cc(Cl)ccc1[N+](=O)[O-]. The minimum atomic E-state index is -0.465. The van der Waals surface area contributed by atoms with Crippen LogP contribution in [0, 0.1) is 10.1 Å². The van der Waals surface area contributed by atoms with E-state index in [1.165, 1.54) is 30.0 Å². The van der Waals surface area contributed by atoms with Crippen molar-refractivity contribution in [3.63, 3.8) is 0 Å². The lowest BCUT2D eigenvalue weighted by Gasteiger charge is -2.17. The zero-order valence-corrected chi connectivity index (χ0v) is 14.2. The molecule has 1 aliphatic heterocycles. The first-order chi connectivity index (χ1) is 11.0. The van der Waals surface area contributed by atoms with Crippen molar-refractivity contribution in [1.29, 1.82) is 0 Å². The predicted octanol–water partition coefficient (Wildman–Crippen LogP) is 3.67. The van der Waals surface area contributed by atoms with E-state index < -0.39 is 11.0 Å². The van der Waals surface area contributed by atoms with Crippen LogP contribution in [0.3, 0.4) is 0 Å². The number of unbranched alkanes of at least 4 members (excludes halogenated alkanes) is 1. The lowest BCUT2D eigenvalue weighted by molar-refractivity contribution is -0.384. The molecule has 1 fully saturated rings. The molecular weight excluding hydrogens is 340 g/mol.